The van der Waals surface area contributed by atoms with E-state index in [2.05, 4.69) is 71.0 Å². The maximum absolute atomic E-state index is 14.4. The van der Waals surface area contributed by atoms with Crippen LogP contribution in [0.3, 0.4) is 0 Å². The highest BCUT2D eigenvalue weighted by molar-refractivity contribution is 5.93. The van der Waals surface area contributed by atoms with Crippen molar-refractivity contribution in [1.82, 2.24) is 75.6 Å². The Morgan fingerprint density at radius 3 is 1.51 bits per heavy atom. The fraction of sp³-hybridized carbons (Fsp3) is 0.267. The fourth-order valence-electron chi connectivity index (χ4n) is 9.71. The van der Waals surface area contributed by atoms with Crippen molar-refractivity contribution in [3.05, 3.63) is 220 Å². The third-order valence-electron chi connectivity index (χ3n) is 13.8. The van der Waals surface area contributed by atoms with Crippen LogP contribution in [-0.4, -0.2) is 107 Å². The molecule has 4 amide bonds. The van der Waals surface area contributed by atoms with Crippen molar-refractivity contribution in [2.45, 2.75) is 89.9 Å². The number of carbonyl (C=O) groups excluding carboxylic acids is 4. The topological polar surface area (TPSA) is 368 Å². The van der Waals surface area contributed by atoms with Gasteiger partial charge in [0, 0.05) is 88.0 Å². The number of nitrogens with zero attached hydrogens (tertiary/aromatic N) is 12. The number of benzene rings is 1. The molecule has 9 aromatic heterocycles. The van der Waals surface area contributed by atoms with Crippen molar-refractivity contribution in [2.75, 3.05) is 13.1 Å². The van der Waals surface area contributed by atoms with E-state index in [1.165, 1.54) is 30.0 Å². The van der Waals surface area contributed by atoms with E-state index in [9.17, 15) is 34.2 Å². The highest BCUT2D eigenvalue weighted by atomic mass is 16.4. The number of aromatic hydroxyl groups is 2. The molecule has 0 radical (unpaired) electrons. The van der Waals surface area contributed by atoms with Gasteiger partial charge in [-0.3, -0.25) is 48.9 Å². The van der Waals surface area contributed by atoms with E-state index in [1.54, 1.807) is 31.0 Å². The van der Waals surface area contributed by atoms with Crippen LogP contribution >= 0.6 is 0 Å². The van der Waals surface area contributed by atoms with Crippen LogP contribution < -0.4 is 27.3 Å². The second kappa shape index (κ2) is 28.2. The number of nitrogens with one attached hydrogen (secondary N) is 3. The summed E-state index contributed by atoms with van der Waals surface area (Å²) < 4.78 is 24.2. The van der Waals surface area contributed by atoms with E-state index < -0.39 is 58.9 Å². The number of nitrogens with two attached hydrogens (primary N) is 1. The molecule has 446 valence electrons. The average molecular weight is 1180 g/mol. The summed E-state index contributed by atoms with van der Waals surface area (Å²) in [4.78, 5) is 102. The van der Waals surface area contributed by atoms with Crippen molar-refractivity contribution in [3.8, 4) is 11.5 Å². The molecule has 0 spiro atoms. The first-order valence-corrected chi connectivity index (χ1v) is 27.7. The molecule has 0 aliphatic heterocycles. The smallest absolute Gasteiger partial charge is 0.336 e. The van der Waals surface area contributed by atoms with Gasteiger partial charge < -0.3 is 49.6 Å². The Morgan fingerprint density at radius 2 is 1.06 bits per heavy atom. The summed E-state index contributed by atoms with van der Waals surface area (Å²) in [5.74, 6) is -3.46. The second-order valence-electron chi connectivity index (χ2n) is 20.4. The monoisotopic (exact) mass is 1180 g/mol. The third-order valence-corrected chi connectivity index (χ3v) is 13.8. The minimum Gasteiger partial charge on any atom is -0.504 e. The van der Waals surface area contributed by atoms with Crippen LogP contribution in [0.5, 0.6) is 11.5 Å². The van der Waals surface area contributed by atoms with Crippen molar-refractivity contribution >= 4 is 34.6 Å². The quantitative estimate of drug-likeness (QED) is 0.0238. The fourth-order valence-corrected chi connectivity index (χ4v) is 9.71. The summed E-state index contributed by atoms with van der Waals surface area (Å²) in [6.45, 7) is 4.39. The Morgan fingerprint density at radius 1 is 0.598 bits per heavy atom. The molecule has 7 N–H and O–H groups in total. The Bertz CT molecular complexity index is 3910. The third kappa shape index (κ3) is 16.3. The average Bonchev–Trinajstić information content (AvgIpc) is 3.84. The lowest BCUT2D eigenvalue weighted by Crippen LogP contribution is -2.32. The van der Waals surface area contributed by atoms with E-state index in [4.69, 9.17) is 23.4 Å². The zero-order valence-electron chi connectivity index (χ0n) is 47.0. The number of primary amides is 1. The zero-order valence-corrected chi connectivity index (χ0v) is 47.0. The molecule has 0 aliphatic rings. The maximum Gasteiger partial charge on any atom is 0.336 e. The Hall–Kier alpha value is -10.8. The number of hydrogen-bond donors (Lipinski definition) is 6. The van der Waals surface area contributed by atoms with Gasteiger partial charge in [-0.25, -0.2) is 24.4 Å². The minimum absolute atomic E-state index is 0.000112. The van der Waals surface area contributed by atoms with Crippen LogP contribution in [-0.2, 0) is 43.9 Å². The molecular weight excluding hydrogens is 1120 g/mol. The summed E-state index contributed by atoms with van der Waals surface area (Å²) in [5, 5.41) is 37.7. The number of pyridine rings is 4. The first-order valence-electron chi connectivity index (χ1n) is 27.7. The number of amides is 4. The van der Waals surface area contributed by atoms with Crippen LogP contribution in [0.25, 0.3) is 11.0 Å². The van der Waals surface area contributed by atoms with Crippen LogP contribution in [0.4, 0.5) is 0 Å². The van der Waals surface area contributed by atoms with Crippen LogP contribution in [0.1, 0.15) is 134 Å². The summed E-state index contributed by atoms with van der Waals surface area (Å²) in [6.07, 6.45) is 13.5. The standard InChI is InChI=1S/C60H60N16O11/c1-37(77)66-47(25-43-33-76(73-72-43)28-38-24-54(80)87-53-27-52(79)51(78)26-44(38)53)60-71-50(36-86-60)57(83)68-46(17-11-23-75(31-41-14-4-8-20-64-41)32-42-15-5-9-21-65-42)59-70-49(35-85-59)56(82)67-45(58-69-48(34-84-58)55(61)81)16-10-22-74(29-39-12-2-6-18-62-39)30-40-13-3-7-19-63-40/h2-9,12-15,18-21,24,26-27,33-36,45-47,78-79H,10-11,16-17,22-23,25,28-32H2,1H3,(H2,61,81)(H,66,77)(H,67,82)(H,68,83)/t45-,46-,47-/m0/s1. The van der Waals surface area contributed by atoms with Gasteiger partial charge in [0.2, 0.25) is 23.6 Å². The minimum atomic E-state index is -0.945. The van der Waals surface area contributed by atoms with E-state index in [0.717, 1.165) is 41.4 Å². The van der Waals surface area contributed by atoms with E-state index >= 15 is 0 Å². The van der Waals surface area contributed by atoms with Crippen LogP contribution in [0.15, 0.2) is 163 Å². The molecule has 10 aromatic rings. The lowest BCUT2D eigenvalue weighted by Gasteiger charge is -2.23. The Labute approximate surface area is 495 Å². The summed E-state index contributed by atoms with van der Waals surface area (Å²) in [6, 6.07) is 23.7. The van der Waals surface area contributed by atoms with Gasteiger partial charge in [-0.05, 0) is 98.9 Å². The summed E-state index contributed by atoms with van der Waals surface area (Å²) in [7, 11) is 0. The van der Waals surface area contributed by atoms with E-state index in [-0.39, 0.29) is 59.7 Å². The Balaban J connectivity index is 0.866. The second-order valence-corrected chi connectivity index (χ2v) is 20.4. The number of phenols is 2. The lowest BCUT2D eigenvalue weighted by molar-refractivity contribution is -0.119. The van der Waals surface area contributed by atoms with Gasteiger partial charge in [-0.15, -0.1) is 5.10 Å². The zero-order chi connectivity index (χ0) is 60.7. The van der Waals surface area contributed by atoms with Gasteiger partial charge in [0.1, 0.15) is 42.5 Å². The molecular formula is C60H60N16O11. The van der Waals surface area contributed by atoms with E-state index in [0.29, 0.717) is 75.2 Å². The van der Waals surface area contributed by atoms with Gasteiger partial charge in [-0.2, -0.15) is 0 Å². The summed E-state index contributed by atoms with van der Waals surface area (Å²) in [5.41, 5.74) is 8.71. The van der Waals surface area contributed by atoms with E-state index in [1.807, 2.05) is 72.8 Å². The highest BCUT2D eigenvalue weighted by Gasteiger charge is 2.29. The number of aromatic nitrogens is 10. The molecule has 10 rings (SSSR count). The first-order chi connectivity index (χ1) is 42.2. The summed E-state index contributed by atoms with van der Waals surface area (Å²) >= 11 is 0. The van der Waals surface area contributed by atoms with Gasteiger partial charge in [0.25, 0.3) is 17.7 Å². The number of fused-ring (bicyclic) bond motifs is 1. The van der Waals surface area contributed by atoms with Gasteiger partial charge in [0.15, 0.2) is 28.6 Å². The predicted molar refractivity (Wildman–Crippen MR) is 307 cm³/mol. The largest absolute Gasteiger partial charge is 0.504 e. The van der Waals surface area contributed by atoms with Gasteiger partial charge >= 0.3 is 5.63 Å². The van der Waals surface area contributed by atoms with Crippen molar-refractivity contribution < 1.29 is 47.1 Å². The molecule has 0 unspecified atom stereocenters. The molecule has 0 saturated heterocycles. The highest BCUT2D eigenvalue weighted by Crippen LogP contribution is 2.32. The molecule has 87 heavy (non-hydrogen) atoms. The molecule has 0 aliphatic carbocycles. The first kappa shape index (κ1) is 59.4. The molecule has 0 saturated carbocycles. The number of oxazole rings is 3. The van der Waals surface area contributed by atoms with Crippen molar-refractivity contribution in [3.63, 3.8) is 0 Å². The van der Waals surface area contributed by atoms with Crippen LogP contribution in [0.2, 0.25) is 0 Å². The number of carbonyl (C=O) groups is 4. The van der Waals surface area contributed by atoms with Crippen molar-refractivity contribution in [1.29, 1.82) is 0 Å². The SMILES string of the molecule is CC(=O)N[C@@H](Cc1cn(Cc2cc(=O)oc3cc(O)c(O)cc23)nn1)c1nc(C(=O)N[C@@H](CCCN(Cc2ccccn2)Cc2ccccn2)c2nc(C(=O)N[C@@H](CCCN(Cc3ccccn3)Cc3ccccn3)c3nc(C(N)=O)co3)co2)co1. The van der Waals surface area contributed by atoms with Crippen LogP contribution in [0, 0.1) is 0 Å². The van der Waals surface area contributed by atoms with Crippen molar-refractivity contribution in [2.24, 2.45) is 5.73 Å². The maximum atomic E-state index is 14.4. The molecule has 1 aromatic carbocycles. The van der Waals surface area contributed by atoms with Gasteiger partial charge in [0.05, 0.1) is 35.0 Å². The van der Waals surface area contributed by atoms with Gasteiger partial charge in [-0.1, -0.05) is 29.5 Å². The number of hydrogen-bond acceptors (Lipinski definition) is 22. The molecule has 0 bridgehead atoms. The number of phenolic OH excluding ortho intramolecular Hbond substituents is 2. The molecule has 27 heteroatoms. The predicted octanol–water partition coefficient (Wildman–Crippen LogP) is 5.81. The molecule has 3 atom stereocenters. The number of rotatable bonds is 29. The Kier molecular flexibility index (Phi) is 19.2. The normalized spacial score (nSPS) is 12.5. The lowest BCUT2D eigenvalue weighted by atomic mass is 10.1. The molecule has 27 nitrogen and oxygen atoms in total. The molecule has 0 fully saturated rings. The molecule has 9 heterocycles.